The summed E-state index contributed by atoms with van der Waals surface area (Å²) in [4.78, 5) is 19.8. The molecule has 5 heteroatoms. The zero-order valence-electron chi connectivity index (χ0n) is 27.7. The van der Waals surface area contributed by atoms with Crippen LogP contribution in [-0.4, -0.2) is 15.0 Å². The van der Waals surface area contributed by atoms with Gasteiger partial charge in [0.25, 0.3) is 0 Å². The molecule has 6 aromatic carbocycles. The van der Waals surface area contributed by atoms with Gasteiger partial charge in [0.1, 0.15) is 0 Å². The van der Waals surface area contributed by atoms with Crippen molar-refractivity contribution in [1.82, 2.24) is 15.0 Å². The fourth-order valence-corrected chi connectivity index (χ4v) is 8.75. The summed E-state index contributed by atoms with van der Waals surface area (Å²) in [5, 5.41) is 0. The molecular weight excluding hydrogens is 629 g/mol. The summed E-state index contributed by atoms with van der Waals surface area (Å²) in [6.07, 6.45) is 6.01. The second-order valence-corrected chi connectivity index (χ2v) is 14.3. The van der Waals surface area contributed by atoms with Gasteiger partial charge in [-0.05, 0) is 60.4 Å². The first-order valence-corrected chi connectivity index (χ1v) is 18.3. The van der Waals surface area contributed by atoms with Crippen LogP contribution in [0.5, 0.6) is 0 Å². The minimum Gasteiger partial charge on any atom is -0.308 e. The number of fused-ring (bicyclic) bond motifs is 2. The SMILES string of the molecule is c1ccc(-c2nc(-c3ccccc3)nc(-c3ccc(C4(c5ccc(N6c7ccccc7Sc7ccccc76)cc5)CCCCC4)cc3)n2)cc1. The van der Waals surface area contributed by atoms with Gasteiger partial charge in [0, 0.05) is 37.6 Å². The molecule has 242 valence electrons. The first-order valence-electron chi connectivity index (χ1n) is 17.5. The number of para-hydroxylation sites is 2. The summed E-state index contributed by atoms with van der Waals surface area (Å²) >= 11 is 1.85. The van der Waals surface area contributed by atoms with E-state index in [4.69, 9.17) is 15.0 Å². The first kappa shape index (κ1) is 30.5. The Balaban J connectivity index is 1.08. The standard InChI is InChI=1S/C45H36N4S/c1-4-14-32(15-5-1)42-46-43(33-16-6-2-7-17-33)48-44(47-42)34-22-24-35(25-23-34)45(30-12-3-13-31-45)36-26-28-37(29-27-36)49-38-18-8-10-20-40(38)50-41-21-11-9-19-39(41)49/h1-2,4-11,14-29H,3,12-13,30-31H2. The third-order valence-corrected chi connectivity index (χ3v) is 11.3. The van der Waals surface area contributed by atoms with E-state index >= 15 is 0 Å². The van der Waals surface area contributed by atoms with E-state index in [9.17, 15) is 0 Å². The van der Waals surface area contributed by atoms with Gasteiger partial charge in [-0.3, -0.25) is 0 Å². The molecule has 0 saturated heterocycles. The predicted octanol–water partition coefficient (Wildman–Crippen LogP) is 12.1. The van der Waals surface area contributed by atoms with Gasteiger partial charge >= 0.3 is 0 Å². The van der Waals surface area contributed by atoms with Crippen LogP contribution in [0.1, 0.15) is 43.2 Å². The van der Waals surface area contributed by atoms with Crippen LogP contribution in [0.2, 0.25) is 0 Å². The van der Waals surface area contributed by atoms with Crippen LogP contribution in [0.3, 0.4) is 0 Å². The lowest BCUT2D eigenvalue weighted by molar-refractivity contribution is 0.346. The van der Waals surface area contributed by atoms with Crippen molar-refractivity contribution in [2.75, 3.05) is 4.90 Å². The Morgan fingerprint density at radius 2 is 0.840 bits per heavy atom. The summed E-state index contributed by atoms with van der Waals surface area (Å²) < 4.78 is 0. The number of hydrogen-bond donors (Lipinski definition) is 0. The molecule has 1 saturated carbocycles. The first-order chi connectivity index (χ1) is 24.7. The molecule has 0 unspecified atom stereocenters. The number of nitrogens with zero attached hydrogens (tertiary/aromatic N) is 4. The molecule has 9 rings (SSSR count). The van der Waals surface area contributed by atoms with E-state index < -0.39 is 0 Å². The number of anilines is 3. The maximum absolute atomic E-state index is 4.97. The summed E-state index contributed by atoms with van der Waals surface area (Å²) in [6, 6.07) is 56.2. The van der Waals surface area contributed by atoms with Gasteiger partial charge in [-0.15, -0.1) is 0 Å². The molecule has 0 N–H and O–H groups in total. The Morgan fingerprint density at radius 3 is 1.34 bits per heavy atom. The molecule has 1 aliphatic heterocycles. The third kappa shape index (κ3) is 5.58. The Labute approximate surface area is 297 Å². The minimum atomic E-state index is -0.0353. The summed E-state index contributed by atoms with van der Waals surface area (Å²) in [5.41, 5.74) is 9.31. The lowest BCUT2D eigenvalue weighted by Crippen LogP contribution is -2.30. The van der Waals surface area contributed by atoms with Gasteiger partial charge in [0.05, 0.1) is 11.4 Å². The van der Waals surface area contributed by atoms with Gasteiger partial charge < -0.3 is 4.90 Å². The highest BCUT2D eigenvalue weighted by Gasteiger charge is 2.36. The van der Waals surface area contributed by atoms with Gasteiger partial charge in [-0.1, -0.05) is 152 Å². The highest BCUT2D eigenvalue weighted by molar-refractivity contribution is 7.99. The van der Waals surface area contributed by atoms with Crippen molar-refractivity contribution in [2.24, 2.45) is 0 Å². The molecule has 0 spiro atoms. The highest BCUT2D eigenvalue weighted by atomic mass is 32.2. The lowest BCUT2D eigenvalue weighted by atomic mass is 9.65. The lowest BCUT2D eigenvalue weighted by Gasteiger charge is -2.39. The Morgan fingerprint density at radius 1 is 0.420 bits per heavy atom. The van der Waals surface area contributed by atoms with E-state index in [1.54, 1.807) is 0 Å². The zero-order chi connectivity index (χ0) is 33.3. The second kappa shape index (κ2) is 13.1. The Kier molecular flexibility index (Phi) is 7.98. The van der Waals surface area contributed by atoms with Crippen LogP contribution in [0, 0.1) is 0 Å². The Bertz CT molecular complexity index is 2160. The quantitative estimate of drug-likeness (QED) is 0.177. The average molecular weight is 665 g/mol. The summed E-state index contributed by atoms with van der Waals surface area (Å²) in [6.45, 7) is 0. The predicted molar refractivity (Wildman–Crippen MR) is 205 cm³/mol. The van der Waals surface area contributed by atoms with E-state index in [0.29, 0.717) is 17.5 Å². The maximum Gasteiger partial charge on any atom is 0.164 e. The van der Waals surface area contributed by atoms with Crippen molar-refractivity contribution in [3.05, 3.63) is 169 Å². The number of aromatic nitrogens is 3. The molecule has 1 fully saturated rings. The smallest absolute Gasteiger partial charge is 0.164 e. The second-order valence-electron chi connectivity index (χ2n) is 13.2. The van der Waals surface area contributed by atoms with E-state index in [2.05, 4.69) is 126 Å². The van der Waals surface area contributed by atoms with Gasteiger partial charge in [-0.25, -0.2) is 15.0 Å². The van der Waals surface area contributed by atoms with Crippen LogP contribution in [0.4, 0.5) is 17.1 Å². The van der Waals surface area contributed by atoms with Crippen molar-refractivity contribution in [2.45, 2.75) is 47.3 Å². The molecule has 2 heterocycles. The van der Waals surface area contributed by atoms with Crippen molar-refractivity contribution in [3.8, 4) is 34.2 Å². The molecule has 4 nitrogen and oxygen atoms in total. The summed E-state index contributed by atoms with van der Waals surface area (Å²) in [7, 11) is 0. The molecule has 0 atom stereocenters. The fourth-order valence-electron chi connectivity index (χ4n) is 7.69. The van der Waals surface area contributed by atoms with Crippen molar-refractivity contribution < 1.29 is 0 Å². The van der Waals surface area contributed by atoms with E-state index in [0.717, 1.165) is 29.5 Å². The van der Waals surface area contributed by atoms with Gasteiger partial charge in [0.15, 0.2) is 17.5 Å². The fraction of sp³-hybridized carbons (Fsp3) is 0.133. The number of hydrogen-bond acceptors (Lipinski definition) is 5. The zero-order valence-corrected chi connectivity index (χ0v) is 28.6. The van der Waals surface area contributed by atoms with Crippen molar-refractivity contribution in [1.29, 1.82) is 0 Å². The number of rotatable bonds is 6. The molecule has 7 aromatic rings. The van der Waals surface area contributed by atoms with Crippen molar-refractivity contribution in [3.63, 3.8) is 0 Å². The summed E-state index contributed by atoms with van der Waals surface area (Å²) in [5.74, 6) is 2.05. The molecule has 1 aromatic heterocycles. The van der Waals surface area contributed by atoms with E-state index in [-0.39, 0.29) is 5.41 Å². The highest BCUT2D eigenvalue weighted by Crippen LogP contribution is 2.52. The van der Waals surface area contributed by atoms with Crippen LogP contribution in [0.15, 0.2) is 168 Å². The molecule has 0 bridgehead atoms. The van der Waals surface area contributed by atoms with Gasteiger partial charge in [0.2, 0.25) is 0 Å². The van der Waals surface area contributed by atoms with E-state index in [1.807, 2.05) is 48.2 Å². The van der Waals surface area contributed by atoms with Crippen LogP contribution in [-0.2, 0) is 5.41 Å². The molecule has 0 amide bonds. The van der Waals surface area contributed by atoms with Gasteiger partial charge in [-0.2, -0.15) is 0 Å². The maximum atomic E-state index is 4.97. The van der Waals surface area contributed by atoms with Crippen LogP contribution < -0.4 is 4.90 Å². The largest absolute Gasteiger partial charge is 0.308 e. The average Bonchev–Trinajstić information content (AvgIpc) is 3.21. The minimum absolute atomic E-state index is 0.0353. The third-order valence-electron chi connectivity index (χ3n) is 10.2. The van der Waals surface area contributed by atoms with Crippen molar-refractivity contribution >= 4 is 28.8 Å². The topological polar surface area (TPSA) is 41.9 Å². The molecular formula is C45H36N4S. The molecule has 1 aliphatic carbocycles. The normalized spacial score (nSPS) is 14.8. The van der Waals surface area contributed by atoms with E-state index in [1.165, 1.54) is 57.2 Å². The van der Waals surface area contributed by atoms with Crippen LogP contribution in [0.25, 0.3) is 34.2 Å². The Hall–Kier alpha value is -5.52. The molecule has 50 heavy (non-hydrogen) atoms. The number of benzene rings is 6. The molecule has 2 aliphatic rings. The molecule has 0 radical (unpaired) electrons. The monoisotopic (exact) mass is 664 g/mol. The van der Waals surface area contributed by atoms with Crippen LogP contribution >= 0.6 is 11.8 Å².